The summed E-state index contributed by atoms with van der Waals surface area (Å²) < 4.78 is 3.02. The molecule has 23 heavy (non-hydrogen) atoms. The Morgan fingerprint density at radius 1 is 1.35 bits per heavy atom. The summed E-state index contributed by atoms with van der Waals surface area (Å²) in [5.41, 5.74) is 3.66. The molecule has 2 aromatic heterocycles. The largest absolute Gasteiger partial charge is 0.348 e. The van der Waals surface area contributed by atoms with Crippen LogP contribution in [-0.2, 0) is 6.54 Å². The van der Waals surface area contributed by atoms with E-state index in [1.54, 1.807) is 17.5 Å². The summed E-state index contributed by atoms with van der Waals surface area (Å²) >= 11 is 4.99. The van der Waals surface area contributed by atoms with Crippen LogP contribution in [0.15, 0.2) is 46.4 Å². The second-order valence-electron chi connectivity index (χ2n) is 5.25. The predicted octanol–water partition coefficient (Wildman–Crippen LogP) is 4.24. The lowest BCUT2D eigenvalue weighted by atomic mass is 10.2. The number of carbonyl (C=O) groups excluding carboxylic acids is 1. The van der Waals surface area contributed by atoms with Gasteiger partial charge in [-0.25, -0.2) is 4.98 Å². The fourth-order valence-electron chi connectivity index (χ4n) is 2.54. The molecule has 6 heteroatoms. The van der Waals surface area contributed by atoms with Crippen molar-refractivity contribution in [2.45, 2.75) is 20.4 Å². The summed E-state index contributed by atoms with van der Waals surface area (Å²) in [4.78, 5) is 16.8. The minimum Gasteiger partial charge on any atom is -0.348 e. The Morgan fingerprint density at radius 3 is 2.87 bits per heavy atom. The van der Waals surface area contributed by atoms with Crippen LogP contribution in [0.3, 0.4) is 0 Å². The first-order chi connectivity index (χ1) is 11.1. The molecular formula is C17H16BrN3OS. The monoisotopic (exact) mass is 389 g/mol. The number of aryl methyl sites for hydroxylation is 1. The second kappa shape index (κ2) is 6.68. The second-order valence-corrected chi connectivity index (χ2v) is 7.04. The molecule has 0 atom stereocenters. The van der Waals surface area contributed by atoms with E-state index in [-0.39, 0.29) is 5.91 Å². The number of hydrogen-bond acceptors (Lipinski definition) is 3. The highest BCUT2D eigenvalue weighted by Crippen LogP contribution is 2.22. The average Bonchev–Trinajstić information content (AvgIpc) is 3.13. The SMILES string of the molecule is Cc1cc(C(=O)NCc2cccc(Br)c2)c(C)n1-c1nccs1. The number of benzene rings is 1. The molecule has 2 heterocycles. The van der Waals surface area contributed by atoms with Crippen LogP contribution in [0.25, 0.3) is 5.13 Å². The van der Waals surface area contributed by atoms with Crippen molar-refractivity contribution < 1.29 is 4.79 Å². The summed E-state index contributed by atoms with van der Waals surface area (Å²) in [7, 11) is 0. The van der Waals surface area contributed by atoms with Crippen LogP contribution >= 0.6 is 27.3 Å². The summed E-state index contributed by atoms with van der Waals surface area (Å²) in [6, 6.07) is 9.82. The molecule has 1 aromatic carbocycles. The standard InChI is InChI=1S/C17H16BrN3OS/c1-11-8-15(12(2)21(11)17-19-6-7-23-17)16(22)20-10-13-4-3-5-14(18)9-13/h3-9H,10H2,1-2H3,(H,20,22). The van der Waals surface area contributed by atoms with Gasteiger partial charge in [0, 0.05) is 34.0 Å². The quantitative estimate of drug-likeness (QED) is 0.724. The minimum absolute atomic E-state index is 0.0686. The van der Waals surface area contributed by atoms with Gasteiger partial charge in [-0.05, 0) is 37.6 Å². The van der Waals surface area contributed by atoms with Gasteiger partial charge in [-0.1, -0.05) is 28.1 Å². The first-order valence-electron chi connectivity index (χ1n) is 7.17. The third-order valence-electron chi connectivity index (χ3n) is 3.63. The smallest absolute Gasteiger partial charge is 0.253 e. The van der Waals surface area contributed by atoms with Gasteiger partial charge in [-0.15, -0.1) is 11.3 Å². The van der Waals surface area contributed by atoms with E-state index in [4.69, 9.17) is 0 Å². The highest BCUT2D eigenvalue weighted by atomic mass is 79.9. The number of hydrogen-bond donors (Lipinski definition) is 1. The van der Waals surface area contributed by atoms with E-state index in [9.17, 15) is 4.79 Å². The Hall–Kier alpha value is -1.92. The molecule has 0 spiro atoms. The third-order valence-corrected chi connectivity index (χ3v) is 4.88. The number of nitrogens with one attached hydrogen (secondary N) is 1. The Balaban J connectivity index is 1.79. The summed E-state index contributed by atoms with van der Waals surface area (Å²) in [6.45, 7) is 4.43. The number of nitrogens with zero attached hydrogens (tertiary/aromatic N) is 2. The normalized spacial score (nSPS) is 10.7. The Bertz CT molecular complexity index is 840. The Labute approximate surface area is 147 Å². The van der Waals surface area contributed by atoms with Crippen molar-refractivity contribution in [1.29, 1.82) is 0 Å². The lowest BCUT2D eigenvalue weighted by Gasteiger charge is -2.07. The van der Waals surface area contributed by atoms with Crippen molar-refractivity contribution in [3.05, 3.63) is 68.9 Å². The maximum atomic E-state index is 12.5. The average molecular weight is 390 g/mol. The summed E-state index contributed by atoms with van der Waals surface area (Å²) in [5, 5.41) is 5.79. The van der Waals surface area contributed by atoms with Gasteiger partial charge < -0.3 is 5.32 Å². The van der Waals surface area contributed by atoms with Crippen LogP contribution < -0.4 is 5.32 Å². The van der Waals surface area contributed by atoms with E-state index in [1.165, 1.54) is 0 Å². The van der Waals surface area contributed by atoms with Crippen LogP contribution in [0.4, 0.5) is 0 Å². The van der Waals surface area contributed by atoms with Gasteiger partial charge in [0.05, 0.1) is 5.56 Å². The first-order valence-corrected chi connectivity index (χ1v) is 8.85. The van der Waals surface area contributed by atoms with Crippen molar-refractivity contribution in [3.63, 3.8) is 0 Å². The van der Waals surface area contributed by atoms with Crippen LogP contribution in [-0.4, -0.2) is 15.5 Å². The van der Waals surface area contributed by atoms with E-state index in [0.29, 0.717) is 12.1 Å². The maximum Gasteiger partial charge on any atom is 0.253 e. The van der Waals surface area contributed by atoms with Gasteiger partial charge >= 0.3 is 0 Å². The molecule has 4 nitrogen and oxygen atoms in total. The van der Waals surface area contributed by atoms with Gasteiger partial charge in [0.15, 0.2) is 5.13 Å². The topological polar surface area (TPSA) is 46.9 Å². The lowest BCUT2D eigenvalue weighted by Crippen LogP contribution is -2.23. The van der Waals surface area contributed by atoms with E-state index in [2.05, 4.69) is 26.2 Å². The maximum absolute atomic E-state index is 12.5. The van der Waals surface area contributed by atoms with Gasteiger partial charge in [-0.3, -0.25) is 9.36 Å². The van der Waals surface area contributed by atoms with E-state index < -0.39 is 0 Å². The molecule has 1 N–H and O–H groups in total. The molecule has 0 aliphatic rings. The van der Waals surface area contributed by atoms with Crippen molar-refractivity contribution >= 4 is 33.2 Å². The minimum atomic E-state index is -0.0686. The Morgan fingerprint density at radius 2 is 2.17 bits per heavy atom. The van der Waals surface area contributed by atoms with Crippen LogP contribution in [0.5, 0.6) is 0 Å². The molecule has 0 aliphatic heterocycles. The van der Waals surface area contributed by atoms with E-state index in [0.717, 1.165) is 26.6 Å². The van der Waals surface area contributed by atoms with Crippen LogP contribution in [0.1, 0.15) is 27.3 Å². The van der Waals surface area contributed by atoms with Crippen molar-refractivity contribution in [1.82, 2.24) is 14.9 Å². The molecule has 118 valence electrons. The number of rotatable bonds is 4. The summed E-state index contributed by atoms with van der Waals surface area (Å²) in [5.74, 6) is -0.0686. The van der Waals surface area contributed by atoms with Gasteiger partial charge in [0.1, 0.15) is 0 Å². The van der Waals surface area contributed by atoms with Crippen molar-refractivity contribution in [2.24, 2.45) is 0 Å². The van der Waals surface area contributed by atoms with Crippen molar-refractivity contribution in [3.8, 4) is 5.13 Å². The third kappa shape index (κ3) is 3.38. The predicted molar refractivity (Wildman–Crippen MR) is 96.2 cm³/mol. The van der Waals surface area contributed by atoms with Gasteiger partial charge in [0.25, 0.3) is 5.91 Å². The van der Waals surface area contributed by atoms with E-state index >= 15 is 0 Å². The lowest BCUT2D eigenvalue weighted by molar-refractivity contribution is 0.0950. The number of aromatic nitrogens is 2. The fourth-order valence-corrected chi connectivity index (χ4v) is 3.74. The van der Waals surface area contributed by atoms with Crippen LogP contribution in [0, 0.1) is 13.8 Å². The zero-order valence-electron chi connectivity index (χ0n) is 12.8. The molecule has 0 saturated heterocycles. The number of thiazole rings is 1. The molecule has 3 aromatic rings. The van der Waals surface area contributed by atoms with Crippen LogP contribution in [0.2, 0.25) is 0 Å². The zero-order chi connectivity index (χ0) is 16.4. The summed E-state index contributed by atoms with van der Waals surface area (Å²) in [6.07, 6.45) is 1.77. The Kier molecular flexibility index (Phi) is 4.63. The zero-order valence-corrected chi connectivity index (χ0v) is 15.2. The highest BCUT2D eigenvalue weighted by molar-refractivity contribution is 9.10. The molecule has 0 unspecified atom stereocenters. The van der Waals surface area contributed by atoms with Crippen molar-refractivity contribution in [2.75, 3.05) is 0 Å². The number of halogens is 1. The fraction of sp³-hybridized carbons (Fsp3) is 0.176. The molecule has 0 fully saturated rings. The molecule has 1 amide bonds. The molecule has 3 rings (SSSR count). The number of carbonyl (C=O) groups is 1. The molecular weight excluding hydrogens is 374 g/mol. The van der Waals surface area contributed by atoms with Gasteiger partial charge in [0.2, 0.25) is 0 Å². The van der Waals surface area contributed by atoms with E-state index in [1.807, 2.05) is 54.1 Å². The molecule has 0 bridgehead atoms. The number of amides is 1. The van der Waals surface area contributed by atoms with Gasteiger partial charge in [-0.2, -0.15) is 0 Å². The first kappa shape index (κ1) is 16.0. The molecule has 0 saturated carbocycles. The molecule has 0 aliphatic carbocycles. The highest BCUT2D eigenvalue weighted by Gasteiger charge is 2.17. The molecule has 0 radical (unpaired) electrons.